The van der Waals surface area contributed by atoms with Gasteiger partial charge in [-0.2, -0.15) is 5.10 Å². The number of rotatable bonds is 8. The minimum Gasteiger partial charge on any atom is -0.495 e. The lowest BCUT2D eigenvalue weighted by Gasteiger charge is -2.19. The predicted molar refractivity (Wildman–Crippen MR) is 115 cm³/mol. The molecule has 0 amide bonds. The maximum Gasteiger partial charge on any atom is 0.178 e. The van der Waals surface area contributed by atoms with E-state index >= 15 is 0 Å². The molecule has 3 rings (SSSR count). The van der Waals surface area contributed by atoms with Gasteiger partial charge in [0.05, 0.1) is 29.9 Å². The maximum atomic E-state index is 13.9. The van der Waals surface area contributed by atoms with Gasteiger partial charge in [-0.25, -0.2) is 13.9 Å². The molecule has 0 saturated heterocycles. The van der Waals surface area contributed by atoms with Crippen LogP contribution < -0.4 is 15.4 Å². The van der Waals surface area contributed by atoms with E-state index in [2.05, 4.69) is 25.9 Å². The maximum absolute atomic E-state index is 13.9. The molecular weight excluding hydrogens is 411 g/mol. The molecule has 0 bridgehead atoms. The summed E-state index contributed by atoms with van der Waals surface area (Å²) in [4.78, 5) is 9.86. The second kappa shape index (κ2) is 9.62. The molecule has 2 aromatic heterocycles. The Labute approximate surface area is 179 Å². The molecule has 0 aliphatic carbocycles. The fraction of sp³-hybridized carbons (Fsp3) is 0.350. The third-order valence-corrected chi connectivity index (χ3v) is 4.61. The number of nitrogens with one attached hydrogen (secondary N) is 2. The molecule has 10 heteroatoms. The Morgan fingerprint density at radius 3 is 2.87 bits per heavy atom. The van der Waals surface area contributed by atoms with Crippen molar-refractivity contribution >= 4 is 28.9 Å². The van der Waals surface area contributed by atoms with E-state index in [1.54, 1.807) is 23.0 Å². The SMILES string of the molecule is CCN/C(=N\OCC)c1cnn2ccc(N[C@H](C)c3cc(F)cc(Cl)c3OC)nc12. The normalized spacial score (nSPS) is 12.7. The van der Waals surface area contributed by atoms with Crippen molar-refractivity contribution in [1.29, 1.82) is 0 Å². The second-order valence-electron chi connectivity index (χ2n) is 6.40. The summed E-state index contributed by atoms with van der Waals surface area (Å²) in [6, 6.07) is 4.07. The molecule has 0 aliphatic heterocycles. The molecule has 30 heavy (non-hydrogen) atoms. The first-order valence-corrected chi connectivity index (χ1v) is 9.94. The Kier molecular flexibility index (Phi) is 6.94. The number of methoxy groups -OCH3 is 1. The summed E-state index contributed by atoms with van der Waals surface area (Å²) in [6.45, 7) is 6.81. The van der Waals surface area contributed by atoms with Gasteiger partial charge in [-0.05, 0) is 39.0 Å². The number of nitrogens with zero attached hydrogens (tertiary/aromatic N) is 4. The molecule has 0 fully saturated rings. The zero-order valence-electron chi connectivity index (χ0n) is 17.2. The smallest absolute Gasteiger partial charge is 0.178 e. The summed E-state index contributed by atoms with van der Waals surface area (Å²) in [5.74, 6) is 1.10. The lowest BCUT2D eigenvalue weighted by molar-refractivity contribution is 0.158. The fourth-order valence-corrected chi connectivity index (χ4v) is 3.30. The number of aromatic nitrogens is 3. The number of oxime groups is 1. The minimum atomic E-state index is -0.437. The lowest BCUT2D eigenvalue weighted by Crippen LogP contribution is -2.24. The number of amidine groups is 1. The van der Waals surface area contributed by atoms with Gasteiger partial charge < -0.3 is 20.2 Å². The lowest BCUT2D eigenvalue weighted by atomic mass is 10.1. The Balaban J connectivity index is 1.94. The first-order valence-electron chi connectivity index (χ1n) is 9.56. The predicted octanol–water partition coefficient (Wildman–Crippen LogP) is 4.01. The summed E-state index contributed by atoms with van der Waals surface area (Å²) < 4.78 is 20.9. The highest BCUT2D eigenvalue weighted by atomic mass is 35.5. The van der Waals surface area contributed by atoms with E-state index in [0.29, 0.717) is 47.3 Å². The summed E-state index contributed by atoms with van der Waals surface area (Å²) in [5.41, 5.74) is 1.88. The average Bonchev–Trinajstić information content (AvgIpc) is 3.13. The van der Waals surface area contributed by atoms with Crippen LogP contribution in [0.1, 0.15) is 37.9 Å². The molecule has 2 heterocycles. The number of anilines is 1. The first kappa shape index (κ1) is 21.6. The largest absolute Gasteiger partial charge is 0.495 e. The van der Waals surface area contributed by atoms with Crippen molar-refractivity contribution in [3.63, 3.8) is 0 Å². The average molecular weight is 435 g/mol. The standard InChI is InChI=1S/C20H24ClFN6O2/c1-5-23-19(27-30-6-2)15-11-24-28-8-7-17(26-20(15)28)25-12(3)14-9-13(22)10-16(21)18(14)29-4/h7-12H,5-6H2,1-4H3,(H,23,27)(H,25,26)/t12-/m1/s1. The fourth-order valence-electron chi connectivity index (χ4n) is 3.01. The van der Waals surface area contributed by atoms with Crippen LogP contribution >= 0.6 is 11.6 Å². The van der Waals surface area contributed by atoms with Crippen molar-refractivity contribution in [2.45, 2.75) is 26.8 Å². The molecule has 0 radical (unpaired) electrons. The van der Waals surface area contributed by atoms with Crippen LogP contribution in [-0.2, 0) is 4.84 Å². The van der Waals surface area contributed by atoms with Gasteiger partial charge in [0.25, 0.3) is 0 Å². The molecule has 1 aromatic carbocycles. The number of benzene rings is 1. The van der Waals surface area contributed by atoms with Crippen LogP contribution in [-0.4, -0.2) is 40.7 Å². The van der Waals surface area contributed by atoms with Gasteiger partial charge in [0.1, 0.15) is 24.0 Å². The number of halogens is 2. The van der Waals surface area contributed by atoms with Crippen LogP contribution in [0.5, 0.6) is 5.75 Å². The van der Waals surface area contributed by atoms with E-state index in [9.17, 15) is 4.39 Å². The number of ether oxygens (including phenoxy) is 1. The Bertz CT molecular complexity index is 1060. The number of hydrogen-bond donors (Lipinski definition) is 2. The van der Waals surface area contributed by atoms with Gasteiger partial charge in [-0.15, -0.1) is 0 Å². The molecule has 160 valence electrons. The quantitative estimate of drug-likeness (QED) is 0.316. The minimum absolute atomic E-state index is 0.213. The van der Waals surface area contributed by atoms with E-state index in [0.717, 1.165) is 0 Å². The Morgan fingerprint density at radius 2 is 2.17 bits per heavy atom. The van der Waals surface area contributed by atoms with E-state index in [4.69, 9.17) is 21.2 Å². The van der Waals surface area contributed by atoms with Gasteiger partial charge in [0.2, 0.25) is 0 Å². The number of fused-ring (bicyclic) bond motifs is 1. The van der Waals surface area contributed by atoms with Crippen LogP contribution in [0.3, 0.4) is 0 Å². The highest BCUT2D eigenvalue weighted by Gasteiger charge is 2.18. The Morgan fingerprint density at radius 1 is 1.37 bits per heavy atom. The number of hydrogen-bond acceptors (Lipinski definition) is 6. The highest BCUT2D eigenvalue weighted by molar-refractivity contribution is 6.32. The van der Waals surface area contributed by atoms with Gasteiger partial charge >= 0.3 is 0 Å². The van der Waals surface area contributed by atoms with Crippen LogP contribution in [0.4, 0.5) is 10.2 Å². The van der Waals surface area contributed by atoms with Crippen molar-refractivity contribution in [3.05, 3.63) is 52.6 Å². The highest BCUT2D eigenvalue weighted by Crippen LogP contribution is 2.34. The van der Waals surface area contributed by atoms with Crippen molar-refractivity contribution in [2.24, 2.45) is 5.16 Å². The van der Waals surface area contributed by atoms with Crippen LogP contribution in [0, 0.1) is 5.82 Å². The molecule has 3 aromatic rings. The summed E-state index contributed by atoms with van der Waals surface area (Å²) in [5, 5.41) is 15.1. The summed E-state index contributed by atoms with van der Waals surface area (Å²) in [6.07, 6.45) is 3.45. The molecule has 0 saturated carbocycles. The third kappa shape index (κ3) is 4.56. The van der Waals surface area contributed by atoms with Gasteiger partial charge in [-0.1, -0.05) is 16.8 Å². The molecule has 8 nitrogen and oxygen atoms in total. The van der Waals surface area contributed by atoms with E-state index < -0.39 is 5.82 Å². The summed E-state index contributed by atoms with van der Waals surface area (Å²) >= 11 is 6.12. The topological polar surface area (TPSA) is 85.1 Å². The van der Waals surface area contributed by atoms with Gasteiger partial charge in [0, 0.05) is 18.3 Å². The van der Waals surface area contributed by atoms with E-state index in [1.807, 2.05) is 20.8 Å². The van der Waals surface area contributed by atoms with Gasteiger partial charge in [-0.3, -0.25) is 0 Å². The van der Waals surface area contributed by atoms with Crippen molar-refractivity contribution < 1.29 is 14.0 Å². The zero-order chi connectivity index (χ0) is 21.7. The van der Waals surface area contributed by atoms with E-state index in [-0.39, 0.29) is 11.1 Å². The second-order valence-corrected chi connectivity index (χ2v) is 6.81. The monoisotopic (exact) mass is 434 g/mol. The van der Waals surface area contributed by atoms with Crippen LogP contribution in [0.15, 0.2) is 35.7 Å². The third-order valence-electron chi connectivity index (χ3n) is 4.33. The molecule has 2 N–H and O–H groups in total. The van der Waals surface area contributed by atoms with Gasteiger partial charge in [0.15, 0.2) is 11.5 Å². The van der Waals surface area contributed by atoms with E-state index in [1.165, 1.54) is 19.2 Å². The van der Waals surface area contributed by atoms with Crippen molar-refractivity contribution in [1.82, 2.24) is 19.9 Å². The van der Waals surface area contributed by atoms with Crippen molar-refractivity contribution in [2.75, 3.05) is 25.6 Å². The molecule has 1 atom stereocenters. The molecule has 0 spiro atoms. The summed E-state index contributed by atoms with van der Waals surface area (Å²) in [7, 11) is 1.50. The zero-order valence-corrected chi connectivity index (χ0v) is 18.0. The van der Waals surface area contributed by atoms with Crippen LogP contribution in [0.2, 0.25) is 5.02 Å². The Hall–Kier alpha value is -3.07. The molecule has 0 aliphatic rings. The first-order chi connectivity index (χ1) is 14.5. The molecule has 0 unspecified atom stereocenters. The molecular formula is C20H24ClFN6O2. The van der Waals surface area contributed by atoms with Crippen LogP contribution in [0.25, 0.3) is 5.65 Å². The van der Waals surface area contributed by atoms with Crippen molar-refractivity contribution in [3.8, 4) is 5.75 Å².